The second kappa shape index (κ2) is 7.81. The van der Waals surface area contributed by atoms with E-state index >= 15 is 0 Å². The largest absolute Gasteiger partial charge is 0.349 e. The van der Waals surface area contributed by atoms with Gasteiger partial charge in [-0.05, 0) is 57.6 Å². The summed E-state index contributed by atoms with van der Waals surface area (Å²) < 4.78 is 0. The molecule has 1 atom stereocenters. The fraction of sp³-hybridized carbons (Fsp3) is 0.588. The molecule has 0 radical (unpaired) electrons. The molecule has 1 saturated carbocycles. The third-order valence-corrected chi connectivity index (χ3v) is 4.43. The molecule has 3 nitrogen and oxygen atoms in total. The predicted octanol–water partition coefficient (Wildman–Crippen LogP) is 3.64. The molecule has 0 saturated heterocycles. The highest BCUT2D eigenvalue weighted by Gasteiger charge is 2.25. The van der Waals surface area contributed by atoms with Gasteiger partial charge in [0.1, 0.15) is 0 Å². The van der Waals surface area contributed by atoms with E-state index in [9.17, 15) is 4.79 Å². The first-order chi connectivity index (χ1) is 10.1. The van der Waals surface area contributed by atoms with Crippen molar-refractivity contribution < 1.29 is 4.79 Å². The molecule has 1 N–H and O–H groups in total. The number of halogens is 1. The first kappa shape index (κ1) is 16.3. The highest BCUT2D eigenvalue weighted by Crippen LogP contribution is 2.27. The van der Waals surface area contributed by atoms with Crippen molar-refractivity contribution in [1.29, 1.82) is 0 Å². The van der Waals surface area contributed by atoms with E-state index < -0.39 is 0 Å². The Labute approximate surface area is 132 Å². The van der Waals surface area contributed by atoms with Gasteiger partial charge in [0, 0.05) is 10.9 Å². The molecule has 2 rings (SSSR count). The molecule has 1 aliphatic rings. The van der Waals surface area contributed by atoms with Crippen LogP contribution in [0.3, 0.4) is 0 Å². The van der Waals surface area contributed by atoms with E-state index in [1.807, 2.05) is 24.3 Å². The van der Waals surface area contributed by atoms with Crippen LogP contribution in [0.1, 0.15) is 43.7 Å². The van der Waals surface area contributed by atoms with E-state index in [4.69, 9.17) is 11.6 Å². The van der Waals surface area contributed by atoms with Gasteiger partial charge in [0.05, 0.1) is 6.04 Å². The first-order valence-electron chi connectivity index (χ1n) is 7.77. The minimum Gasteiger partial charge on any atom is -0.349 e. The van der Waals surface area contributed by atoms with Crippen molar-refractivity contribution >= 4 is 17.5 Å². The average Bonchev–Trinajstić information content (AvgIpc) is 2.98. The number of rotatable bonds is 6. The highest BCUT2D eigenvalue weighted by atomic mass is 35.5. The maximum Gasteiger partial charge on any atom is 0.223 e. The molecular formula is C17H25ClN2O. The molecule has 21 heavy (non-hydrogen) atoms. The summed E-state index contributed by atoms with van der Waals surface area (Å²) in [7, 11) is 4.11. The van der Waals surface area contributed by atoms with Crippen LogP contribution < -0.4 is 5.32 Å². The minimum atomic E-state index is 0.0674. The Hall–Kier alpha value is -1.06. The molecule has 1 fully saturated rings. The number of amides is 1. The van der Waals surface area contributed by atoms with Gasteiger partial charge in [0.2, 0.25) is 5.91 Å². The number of benzene rings is 1. The Morgan fingerprint density at radius 3 is 2.48 bits per heavy atom. The van der Waals surface area contributed by atoms with Crippen LogP contribution in [-0.4, -0.2) is 31.4 Å². The van der Waals surface area contributed by atoms with E-state index in [-0.39, 0.29) is 17.9 Å². The third kappa shape index (κ3) is 5.01. The molecule has 0 spiro atoms. The van der Waals surface area contributed by atoms with Crippen LogP contribution in [0.4, 0.5) is 0 Å². The SMILES string of the molecule is CN(C)CCC(NC(=O)C1CCCC1)c1ccc(Cl)cc1. The van der Waals surface area contributed by atoms with Crippen LogP contribution >= 0.6 is 11.6 Å². The van der Waals surface area contributed by atoms with E-state index in [1.165, 1.54) is 12.8 Å². The molecule has 1 unspecified atom stereocenters. The molecule has 1 amide bonds. The summed E-state index contributed by atoms with van der Waals surface area (Å²) >= 11 is 5.96. The van der Waals surface area contributed by atoms with Crippen molar-refractivity contribution in [2.45, 2.75) is 38.1 Å². The molecular weight excluding hydrogens is 284 g/mol. The van der Waals surface area contributed by atoms with Gasteiger partial charge in [-0.25, -0.2) is 0 Å². The minimum absolute atomic E-state index is 0.0674. The maximum absolute atomic E-state index is 12.4. The Kier molecular flexibility index (Phi) is 6.07. The van der Waals surface area contributed by atoms with Gasteiger partial charge in [-0.3, -0.25) is 4.79 Å². The summed E-state index contributed by atoms with van der Waals surface area (Å²) in [6, 6.07) is 7.87. The summed E-state index contributed by atoms with van der Waals surface area (Å²) in [4.78, 5) is 14.5. The Morgan fingerprint density at radius 2 is 1.90 bits per heavy atom. The van der Waals surface area contributed by atoms with Gasteiger partial charge in [0.25, 0.3) is 0 Å². The van der Waals surface area contributed by atoms with Crippen molar-refractivity contribution in [3.8, 4) is 0 Å². The van der Waals surface area contributed by atoms with Crippen molar-refractivity contribution in [3.63, 3.8) is 0 Å². The monoisotopic (exact) mass is 308 g/mol. The number of hydrogen-bond donors (Lipinski definition) is 1. The number of carbonyl (C=O) groups is 1. The Morgan fingerprint density at radius 1 is 1.29 bits per heavy atom. The molecule has 0 aliphatic heterocycles. The topological polar surface area (TPSA) is 32.3 Å². The first-order valence-corrected chi connectivity index (χ1v) is 8.14. The lowest BCUT2D eigenvalue weighted by Gasteiger charge is -2.23. The second-order valence-electron chi connectivity index (χ2n) is 6.19. The highest BCUT2D eigenvalue weighted by molar-refractivity contribution is 6.30. The maximum atomic E-state index is 12.4. The van der Waals surface area contributed by atoms with E-state index in [0.29, 0.717) is 0 Å². The molecule has 0 heterocycles. The predicted molar refractivity (Wildman–Crippen MR) is 87.5 cm³/mol. The van der Waals surface area contributed by atoms with Crippen LogP contribution in [0.15, 0.2) is 24.3 Å². The summed E-state index contributed by atoms with van der Waals surface area (Å²) in [5.41, 5.74) is 1.13. The number of carbonyl (C=O) groups excluding carboxylic acids is 1. The van der Waals surface area contributed by atoms with Crippen LogP contribution in [0.5, 0.6) is 0 Å². The summed E-state index contributed by atoms with van der Waals surface area (Å²) in [6.07, 6.45) is 5.34. The van der Waals surface area contributed by atoms with Crippen LogP contribution in [0.25, 0.3) is 0 Å². The Balaban J connectivity index is 2.03. The van der Waals surface area contributed by atoms with Crippen molar-refractivity contribution in [3.05, 3.63) is 34.9 Å². The van der Waals surface area contributed by atoms with Gasteiger partial charge in [-0.1, -0.05) is 36.6 Å². The van der Waals surface area contributed by atoms with Gasteiger partial charge >= 0.3 is 0 Å². The van der Waals surface area contributed by atoms with Crippen LogP contribution in [-0.2, 0) is 4.79 Å². The van der Waals surface area contributed by atoms with E-state index in [1.54, 1.807) is 0 Å². The van der Waals surface area contributed by atoms with Gasteiger partial charge in [0.15, 0.2) is 0 Å². The quantitative estimate of drug-likeness (QED) is 0.870. The number of nitrogens with zero attached hydrogens (tertiary/aromatic N) is 1. The molecule has 4 heteroatoms. The van der Waals surface area contributed by atoms with Gasteiger partial charge in [-0.15, -0.1) is 0 Å². The molecule has 1 aromatic carbocycles. The van der Waals surface area contributed by atoms with Gasteiger partial charge in [-0.2, -0.15) is 0 Å². The molecule has 116 valence electrons. The number of hydrogen-bond acceptors (Lipinski definition) is 2. The standard InChI is InChI=1S/C17H25ClN2O/c1-20(2)12-11-16(13-7-9-15(18)10-8-13)19-17(21)14-5-3-4-6-14/h7-10,14,16H,3-6,11-12H2,1-2H3,(H,19,21). The van der Waals surface area contributed by atoms with E-state index in [0.717, 1.165) is 36.4 Å². The molecule has 0 bridgehead atoms. The fourth-order valence-electron chi connectivity index (χ4n) is 2.88. The zero-order valence-corrected chi connectivity index (χ0v) is 13.7. The van der Waals surface area contributed by atoms with Crippen molar-refractivity contribution in [2.24, 2.45) is 5.92 Å². The molecule has 1 aliphatic carbocycles. The lowest BCUT2D eigenvalue weighted by atomic mass is 10.0. The van der Waals surface area contributed by atoms with Crippen LogP contribution in [0, 0.1) is 5.92 Å². The second-order valence-corrected chi connectivity index (χ2v) is 6.62. The molecule has 0 aromatic heterocycles. The number of nitrogens with one attached hydrogen (secondary N) is 1. The van der Waals surface area contributed by atoms with Crippen LogP contribution in [0.2, 0.25) is 5.02 Å². The van der Waals surface area contributed by atoms with Gasteiger partial charge < -0.3 is 10.2 Å². The zero-order chi connectivity index (χ0) is 15.2. The summed E-state index contributed by atoms with van der Waals surface area (Å²) in [5.74, 6) is 0.422. The van der Waals surface area contributed by atoms with Crippen molar-refractivity contribution in [1.82, 2.24) is 10.2 Å². The fourth-order valence-corrected chi connectivity index (χ4v) is 3.01. The smallest absolute Gasteiger partial charge is 0.223 e. The van der Waals surface area contributed by atoms with Crippen molar-refractivity contribution in [2.75, 3.05) is 20.6 Å². The Bertz CT molecular complexity index is 452. The van der Waals surface area contributed by atoms with E-state index in [2.05, 4.69) is 24.3 Å². The average molecular weight is 309 g/mol. The normalized spacial score (nSPS) is 17.1. The summed E-state index contributed by atoms with van der Waals surface area (Å²) in [6.45, 7) is 0.943. The molecule has 1 aromatic rings. The summed E-state index contributed by atoms with van der Waals surface area (Å²) in [5, 5.41) is 3.97. The lowest BCUT2D eigenvalue weighted by Crippen LogP contribution is -2.34. The third-order valence-electron chi connectivity index (χ3n) is 4.18. The zero-order valence-electron chi connectivity index (χ0n) is 12.9. The lowest BCUT2D eigenvalue weighted by molar-refractivity contribution is -0.125.